The summed E-state index contributed by atoms with van der Waals surface area (Å²) in [7, 11) is 0. The minimum atomic E-state index is -0.763. The van der Waals surface area contributed by atoms with Gasteiger partial charge < -0.3 is 9.64 Å². The first-order valence-corrected chi connectivity index (χ1v) is 18.8. The van der Waals surface area contributed by atoms with Crippen LogP contribution in [0.1, 0.15) is 41.7 Å². The molecule has 2 nitrogen and oxygen atoms in total. The fourth-order valence-electron chi connectivity index (χ4n) is 9.51. The Kier molecular flexibility index (Phi) is 6.55. The van der Waals surface area contributed by atoms with Gasteiger partial charge >= 0.3 is 0 Å². The maximum Gasteiger partial charge on any atom is 0.186 e. The molecule has 0 aromatic heterocycles. The van der Waals surface area contributed by atoms with Gasteiger partial charge in [-0.1, -0.05) is 159 Å². The summed E-state index contributed by atoms with van der Waals surface area (Å²) < 4.78 is 7.28. The second-order valence-electron chi connectivity index (χ2n) is 15.2. The summed E-state index contributed by atoms with van der Waals surface area (Å²) in [6.45, 7) is 4.71. The van der Waals surface area contributed by atoms with Gasteiger partial charge in [0.25, 0.3) is 0 Å². The van der Waals surface area contributed by atoms with Gasteiger partial charge in [0, 0.05) is 44.7 Å². The van der Waals surface area contributed by atoms with Gasteiger partial charge in [-0.15, -0.1) is 0 Å². The van der Waals surface area contributed by atoms with E-state index in [1.807, 2.05) is 0 Å². The van der Waals surface area contributed by atoms with Crippen molar-refractivity contribution in [3.05, 3.63) is 216 Å². The molecule has 0 atom stereocenters. The molecular weight excluding hydrogens is 655 g/mol. The molecule has 0 radical (unpaired) electrons. The number of nitrogens with zero attached hydrogens (tertiary/aromatic N) is 1. The van der Waals surface area contributed by atoms with Crippen molar-refractivity contribution in [3.63, 3.8) is 0 Å². The molecule has 3 aliphatic rings. The number of anilines is 3. The highest BCUT2D eigenvalue weighted by atomic mass is 16.5. The number of rotatable bonds is 4. The quantitative estimate of drug-likeness (QED) is 0.182. The van der Waals surface area contributed by atoms with Crippen molar-refractivity contribution >= 4 is 17.1 Å². The summed E-state index contributed by atoms with van der Waals surface area (Å²) >= 11 is 0. The molecule has 11 rings (SSSR count). The van der Waals surface area contributed by atoms with Gasteiger partial charge in [0.2, 0.25) is 0 Å². The van der Waals surface area contributed by atoms with Crippen LogP contribution in [0.25, 0.3) is 44.5 Å². The Morgan fingerprint density at radius 3 is 1.54 bits per heavy atom. The van der Waals surface area contributed by atoms with Gasteiger partial charge in [0.15, 0.2) is 5.60 Å². The molecule has 1 aliphatic heterocycles. The van der Waals surface area contributed by atoms with Gasteiger partial charge in [0.1, 0.15) is 5.75 Å². The summed E-state index contributed by atoms with van der Waals surface area (Å²) in [5.41, 5.74) is 18.5. The molecule has 0 bridgehead atoms. The third-order valence-corrected chi connectivity index (χ3v) is 12.0. The molecule has 2 heteroatoms. The zero-order valence-electron chi connectivity index (χ0n) is 30.3. The smallest absolute Gasteiger partial charge is 0.186 e. The largest absolute Gasteiger partial charge is 0.472 e. The summed E-state index contributed by atoms with van der Waals surface area (Å²) in [5, 5.41) is 0. The van der Waals surface area contributed by atoms with Crippen molar-refractivity contribution in [3.8, 4) is 50.3 Å². The Bertz CT molecular complexity index is 2730. The number of ether oxygens (including phenoxy) is 1. The van der Waals surface area contributed by atoms with Gasteiger partial charge in [0.05, 0.1) is 0 Å². The molecule has 8 aromatic rings. The molecule has 1 spiro atoms. The fraction of sp³-hybridized carbons (Fsp3) is 0.0769. The zero-order chi connectivity index (χ0) is 36.0. The van der Waals surface area contributed by atoms with Crippen LogP contribution in [0, 0.1) is 0 Å². The Balaban J connectivity index is 1.13. The van der Waals surface area contributed by atoms with Crippen LogP contribution >= 0.6 is 0 Å². The van der Waals surface area contributed by atoms with E-state index < -0.39 is 5.60 Å². The summed E-state index contributed by atoms with van der Waals surface area (Å²) in [6.07, 6.45) is 0. The van der Waals surface area contributed by atoms with Crippen molar-refractivity contribution in [2.24, 2.45) is 0 Å². The van der Waals surface area contributed by atoms with E-state index in [2.05, 4.69) is 207 Å². The van der Waals surface area contributed by atoms with Crippen molar-refractivity contribution in [2.75, 3.05) is 4.90 Å². The van der Waals surface area contributed by atoms with Crippen LogP contribution in [0.2, 0.25) is 0 Å². The summed E-state index contributed by atoms with van der Waals surface area (Å²) in [6, 6.07) is 68.5. The average Bonchev–Trinajstić information content (AvgIpc) is 3.63. The van der Waals surface area contributed by atoms with Crippen molar-refractivity contribution < 1.29 is 4.74 Å². The highest BCUT2D eigenvalue weighted by Gasteiger charge is 2.50. The lowest BCUT2D eigenvalue weighted by atomic mass is 9.77. The molecule has 8 aromatic carbocycles. The molecule has 0 unspecified atom stereocenters. The topological polar surface area (TPSA) is 12.5 Å². The Labute approximate surface area is 316 Å². The van der Waals surface area contributed by atoms with E-state index in [0.717, 1.165) is 33.9 Å². The van der Waals surface area contributed by atoms with E-state index in [1.54, 1.807) is 0 Å². The lowest BCUT2D eigenvalue weighted by molar-refractivity contribution is 0.157. The molecule has 0 saturated heterocycles. The van der Waals surface area contributed by atoms with Crippen LogP contribution in [-0.4, -0.2) is 0 Å². The first kappa shape index (κ1) is 30.9. The highest BCUT2D eigenvalue weighted by Crippen LogP contribution is 2.59. The standard InChI is InChI=1S/C52H37NO/c1-51(2)45-20-10-6-16-39(45)42-30-28-38(33-49(42)51)53(36-26-24-35(25-27-36)34-14-4-3-5-15-34)37-29-31-48-44(32-37)43-19-9-13-23-50(43)54-52(48)46-21-11-7-17-40(46)41-18-8-12-22-47(41)52/h3-33H,1-2H3. The molecule has 0 saturated carbocycles. The number of hydrogen-bond donors (Lipinski definition) is 0. The Morgan fingerprint density at radius 2 is 0.833 bits per heavy atom. The normalized spacial score (nSPS) is 14.6. The van der Waals surface area contributed by atoms with E-state index in [1.165, 1.54) is 61.2 Å². The SMILES string of the molecule is CC1(C)c2ccccc2-c2ccc(N(c3ccc(-c4ccccc4)cc3)c3ccc4c(c3)-c3ccccc3OC43c4ccccc4-c4ccccc43)cc21. The Hall–Kier alpha value is -6.64. The van der Waals surface area contributed by atoms with Crippen LogP contribution in [0.5, 0.6) is 5.75 Å². The van der Waals surface area contributed by atoms with E-state index in [9.17, 15) is 0 Å². The first-order chi connectivity index (χ1) is 26.5. The monoisotopic (exact) mass is 691 g/mol. The average molecular weight is 692 g/mol. The molecular formula is C52H37NO. The second-order valence-corrected chi connectivity index (χ2v) is 15.2. The molecule has 0 N–H and O–H groups in total. The number of para-hydroxylation sites is 1. The number of hydrogen-bond acceptors (Lipinski definition) is 2. The Morgan fingerprint density at radius 1 is 0.352 bits per heavy atom. The minimum absolute atomic E-state index is 0.119. The maximum atomic E-state index is 7.28. The van der Waals surface area contributed by atoms with Gasteiger partial charge in [-0.05, 0) is 92.5 Å². The lowest BCUT2D eigenvalue weighted by Crippen LogP contribution is -2.36. The predicted molar refractivity (Wildman–Crippen MR) is 222 cm³/mol. The molecule has 54 heavy (non-hydrogen) atoms. The number of benzene rings is 8. The van der Waals surface area contributed by atoms with E-state index >= 15 is 0 Å². The summed E-state index contributed by atoms with van der Waals surface area (Å²) in [5.74, 6) is 0.893. The number of fused-ring (bicyclic) bond motifs is 12. The second kappa shape index (κ2) is 11.4. The van der Waals surface area contributed by atoms with Crippen LogP contribution in [0.15, 0.2) is 188 Å². The van der Waals surface area contributed by atoms with Crippen LogP contribution in [0.4, 0.5) is 17.1 Å². The maximum absolute atomic E-state index is 7.28. The van der Waals surface area contributed by atoms with Gasteiger partial charge in [-0.25, -0.2) is 0 Å². The molecule has 1 heterocycles. The first-order valence-electron chi connectivity index (χ1n) is 18.8. The van der Waals surface area contributed by atoms with E-state index in [0.29, 0.717) is 0 Å². The highest BCUT2D eigenvalue weighted by molar-refractivity contribution is 5.91. The van der Waals surface area contributed by atoms with Crippen molar-refractivity contribution in [2.45, 2.75) is 24.9 Å². The van der Waals surface area contributed by atoms with Crippen molar-refractivity contribution in [1.29, 1.82) is 0 Å². The zero-order valence-corrected chi connectivity index (χ0v) is 30.3. The van der Waals surface area contributed by atoms with E-state index in [-0.39, 0.29) is 5.41 Å². The molecule has 256 valence electrons. The van der Waals surface area contributed by atoms with E-state index in [4.69, 9.17) is 4.74 Å². The van der Waals surface area contributed by atoms with Gasteiger partial charge in [-0.3, -0.25) is 0 Å². The third-order valence-electron chi connectivity index (χ3n) is 12.0. The molecule has 0 fully saturated rings. The lowest BCUT2D eigenvalue weighted by Gasteiger charge is -2.40. The third kappa shape index (κ3) is 4.28. The van der Waals surface area contributed by atoms with Crippen LogP contribution in [0.3, 0.4) is 0 Å². The predicted octanol–water partition coefficient (Wildman–Crippen LogP) is 13.5. The molecule has 2 aliphatic carbocycles. The fourth-order valence-corrected chi connectivity index (χ4v) is 9.51. The summed E-state index contributed by atoms with van der Waals surface area (Å²) in [4.78, 5) is 2.43. The van der Waals surface area contributed by atoms with Crippen molar-refractivity contribution in [1.82, 2.24) is 0 Å². The van der Waals surface area contributed by atoms with Gasteiger partial charge in [-0.2, -0.15) is 0 Å². The van der Waals surface area contributed by atoms with Crippen LogP contribution < -0.4 is 9.64 Å². The minimum Gasteiger partial charge on any atom is -0.472 e. The van der Waals surface area contributed by atoms with Crippen LogP contribution in [-0.2, 0) is 11.0 Å². The molecule has 0 amide bonds.